The number of esters is 1. The largest absolute Gasteiger partial charge is 0.469 e. The van der Waals surface area contributed by atoms with Crippen LogP contribution >= 0.6 is 24.0 Å². The monoisotopic (exact) mass is 429 g/mol. The van der Waals surface area contributed by atoms with Crippen LogP contribution in [-0.2, 0) is 19.0 Å². The van der Waals surface area contributed by atoms with E-state index < -0.39 is 0 Å². The summed E-state index contributed by atoms with van der Waals surface area (Å²) >= 11 is 0. The third-order valence-electron chi connectivity index (χ3n) is 3.21. The molecule has 0 amide bonds. The van der Waals surface area contributed by atoms with E-state index in [9.17, 15) is 4.79 Å². The van der Waals surface area contributed by atoms with Gasteiger partial charge in [0.15, 0.2) is 5.96 Å². The molecule has 1 atom stereocenters. The molecule has 0 aromatic carbocycles. The van der Waals surface area contributed by atoms with Crippen LogP contribution in [0.1, 0.15) is 19.3 Å². The second-order valence-corrected chi connectivity index (χ2v) is 4.91. The lowest BCUT2D eigenvalue weighted by Gasteiger charge is -2.12. The SMILES string of the molecule is CN=C(NCCCOCC1CCOC1)NCCC(=O)OC.I. The maximum atomic E-state index is 11.0. The number of guanidine groups is 1. The molecule has 1 fully saturated rings. The van der Waals surface area contributed by atoms with Gasteiger partial charge in [0.25, 0.3) is 0 Å². The average Bonchev–Trinajstić information content (AvgIpc) is 3.01. The van der Waals surface area contributed by atoms with Gasteiger partial charge in [0.05, 0.1) is 26.7 Å². The van der Waals surface area contributed by atoms with Crippen molar-refractivity contribution in [2.45, 2.75) is 19.3 Å². The molecule has 0 bridgehead atoms. The molecule has 0 radical (unpaired) electrons. The Morgan fingerprint density at radius 1 is 1.36 bits per heavy atom. The van der Waals surface area contributed by atoms with Gasteiger partial charge < -0.3 is 24.8 Å². The lowest BCUT2D eigenvalue weighted by atomic mass is 10.1. The molecular formula is C14H28IN3O4. The zero-order chi connectivity index (χ0) is 15.3. The van der Waals surface area contributed by atoms with E-state index in [1.807, 2.05) is 0 Å². The Kier molecular flexibility index (Phi) is 13.6. The summed E-state index contributed by atoms with van der Waals surface area (Å²) in [6.45, 7) is 4.48. The maximum Gasteiger partial charge on any atom is 0.307 e. The number of hydrogen-bond donors (Lipinski definition) is 2. The first-order chi connectivity index (χ1) is 10.3. The van der Waals surface area contributed by atoms with Crippen LogP contribution in [0.5, 0.6) is 0 Å². The van der Waals surface area contributed by atoms with Gasteiger partial charge in [-0.25, -0.2) is 0 Å². The van der Waals surface area contributed by atoms with Gasteiger partial charge >= 0.3 is 5.97 Å². The third kappa shape index (κ3) is 10.2. The van der Waals surface area contributed by atoms with Gasteiger partial charge in [0.1, 0.15) is 0 Å². The van der Waals surface area contributed by atoms with Crippen LogP contribution in [0.25, 0.3) is 0 Å². The summed E-state index contributed by atoms with van der Waals surface area (Å²) < 4.78 is 15.5. The van der Waals surface area contributed by atoms with Crippen molar-refractivity contribution in [3.63, 3.8) is 0 Å². The average molecular weight is 429 g/mol. The van der Waals surface area contributed by atoms with E-state index in [0.29, 0.717) is 24.8 Å². The van der Waals surface area contributed by atoms with Crippen LogP contribution in [0, 0.1) is 5.92 Å². The van der Waals surface area contributed by atoms with Crippen LogP contribution in [0.4, 0.5) is 0 Å². The van der Waals surface area contributed by atoms with Crippen LogP contribution in [0.15, 0.2) is 4.99 Å². The van der Waals surface area contributed by atoms with E-state index >= 15 is 0 Å². The number of rotatable bonds is 9. The zero-order valence-electron chi connectivity index (χ0n) is 13.4. The molecule has 8 heteroatoms. The maximum absolute atomic E-state index is 11.0. The second kappa shape index (κ2) is 14.0. The number of carbonyl (C=O) groups excluding carboxylic acids is 1. The van der Waals surface area contributed by atoms with Crippen LogP contribution in [0.2, 0.25) is 0 Å². The number of nitrogens with zero attached hydrogens (tertiary/aromatic N) is 1. The summed E-state index contributed by atoms with van der Waals surface area (Å²) in [7, 11) is 3.08. The molecule has 1 aliphatic heterocycles. The van der Waals surface area contributed by atoms with Crippen molar-refractivity contribution in [3.05, 3.63) is 0 Å². The molecular weight excluding hydrogens is 401 g/mol. The van der Waals surface area contributed by atoms with Gasteiger partial charge in [-0.3, -0.25) is 9.79 Å². The van der Waals surface area contributed by atoms with E-state index in [1.165, 1.54) is 7.11 Å². The topological polar surface area (TPSA) is 81.2 Å². The summed E-state index contributed by atoms with van der Waals surface area (Å²) in [5.74, 6) is 1.01. The van der Waals surface area contributed by atoms with Gasteiger partial charge in [-0.2, -0.15) is 0 Å². The van der Waals surface area contributed by atoms with Gasteiger partial charge in [-0.1, -0.05) is 0 Å². The lowest BCUT2D eigenvalue weighted by Crippen LogP contribution is -2.39. The van der Waals surface area contributed by atoms with Gasteiger partial charge in [0, 0.05) is 39.3 Å². The minimum absolute atomic E-state index is 0. The predicted octanol–water partition coefficient (Wildman–Crippen LogP) is 0.776. The highest BCUT2D eigenvalue weighted by molar-refractivity contribution is 14.0. The smallest absolute Gasteiger partial charge is 0.307 e. The van der Waals surface area contributed by atoms with Crippen LogP contribution < -0.4 is 10.6 Å². The predicted molar refractivity (Wildman–Crippen MR) is 95.8 cm³/mol. The van der Waals surface area contributed by atoms with Crippen molar-refractivity contribution in [1.82, 2.24) is 10.6 Å². The van der Waals surface area contributed by atoms with E-state index in [-0.39, 0.29) is 29.9 Å². The summed E-state index contributed by atoms with van der Waals surface area (Å²) in [6.07, 6.45) is 2.34. The van der Waals surface area contributed by atoms with Crippen LogP contribution in [0.3, 0.4) is 0 Å². The van der Waals surface area contributed by atoms with Gasteiger partial charge in [0.2, 0.25) is 0 Å². The minimum atomic E-state index is -0.234. The molecule has 1 unspecified atom stereocenters. The van der Waals surface area contributed by atoms with Crippen molar-refractivity contribution in [2.24, 2.45) is 10.9 Å². The third-order valence-corrected chi connectivity index (χ3v) is 3.21. The molecule has 7 nitrogen and oxygen atoms in total. The number of aliphatic imine (C=N–C) groups is 1. The Morgan fingerprint density at radius 3 is 2.77 bits per heavy atom. The molecule has 1 saturated heterocycles. The standard InChI is InChI=1S/C14H27N3O4.HI/c1-15-14(17-7-4-13(18)19-2)16-6-3-8-20-10-12-5-9-21-11-12;/h12H,3-11H2,1-2H3,(H2,15,16,17);1H. The quantitative estimate of drug-likeness (QED) is 0.185. The lowest BCUT2D eigenvalue weighted by molar-refractivity contribution is -0.140. The van der Waals surface area contributed by atoms with Crippen molar-refractivity contribution < 1.29 is 19.0 Å². The molecule has 1 heterocycles. The summed E-state index contributed by atoms with van der Waals surface area (Å²) in [5.41, 5.74) is 0. The fourth-order valence-corrected chi connectivity index (χ4v) is 1.95. The van der Waals surface area contributed by atoms with Gasteiger partial charge in [-0.15, -0.1) is 24.0 Å². The number of methoxy groups -OCH3 is 1. The van der Waals surface area contributed by atoms with E-state index in [1.54, 1.807) is 7.05 Å². The number of hydrogen-bond acceptors (Lipinski definition) is 5. The van der Waals surface area contributed by atoms with E-state index in [2.05, 4.69) is 20.4 Å². The summed E-state index contributed by atoms with van der Waals surface area (Å²) in [6, 6.07) is 0. The van der Waals surface area contributed by atoms with Gasteiger partial charge in [-0.05, 0) is 12.8 Å². The molecule has 22 heavy (non-hydrogen) atoms. The number of nitrogens with one attached hydrogen (secondary N) is 2. The van der Waals surface area contributed by atoms with Crippen molar-refractivity contribution in [1.29, 1.82) is 0 Å². The number of halogens is 1. The molecule has 2 N–H and O–H groups in total. The summed E-state index contributed by atoms with van der Waals surface area (Å²) in [4.78, 5) is 15.1. The van der Waals surface area contributed by atoms with Crippen molar-refractivity contribution in [3.8, 4) is 0 Å². The summed E-state index contributed by atoms with van der Waals surface area (Å²) in [5, 5.41) is 6.22. The highest BCUT2D eigenvalue weighted by Gasteiger charge is 2.15. The molecule has 1 aliphatic rings. The fraction of sp³-hybridized carbons (Fsp3) is 0.857. The van der Waals surface area contributed by atoms with E-state index in [4.69, 9.17) is 9.47 Å². The molecule has 0 saturated carbocycles. The molecule has 0 spiro atoms. The first-order valence-corrected chi connectivity index (χ1v) is 7.43. The number of carbonyl (C=O) groups is 1. The molecule has 0 aromatic rings. The normalized spacial score (nSPS) is 17.7. The first kappa shape index (κ1) is 21.4. The Hall–Kier alpha value is -0.610. The molecule has 1 rings (SSSR count). The number of ether oxygens (including phenoxy) is 3. The zero-order valence-corrected chi connectivity index (χ0v) is 15.8. The van der Waals surface area contributed by atoms with Crippen molar-refractivity contribution >= 4 is 35.9 Å². The molecule has 130 valence electrons. The Balaban J connectivity index is 0.00000441. The second-order valence-electron chi connectivity index (χ2n) is 4.91. The van der Waals surface area contributed by atoms with E-state index in [0.717, 1.165) is 45.8 Å². The fourth-order valence-electron chi connectivity index (χ4n) is 1.95. The highest BCUT2D eigenvalue weighted by Crippen LogP contribution is 2.12. The Labute approximate surface area is 149 Å². The molecule has 0 aliphatic carbocycles. The van der Waals surface area contributed by atoms with Crippen molar-refractivity contribution in [2.75, 3.05) is 53.7 Å². The molecule has 0 aromatic heterocycles. The Bertz CT molecular complexity index is 323. The Morgan fingerprint density at radius 2 is 2.14 bits per heavy atom. The van der Waals surface area contributed by atoms with Crippen LogP contribution in [-0.4, -0.2) is 65.6 Å². The minimum Gasteiger partial charge on any atom is -0.469 e. The first-order valence-electron chi connectivity index (χ1n) is 7.43. The highest BCUT2D eigenvalue weighted by atomic mass is 127.